The number of hydrogen-bond acceptors (Lipinski definition) is 28. The average molecular weight is 1750 g/mol. The summed E-state index contributed by atoms with van der Waals surface area (Å²) in [5, 5.41) is 0. The van der Waals surface area contributed by atoms with E-state index in [0.29, 0.717) is 129 Å². The van der Waals surface area contributed by atoms with Crippen molar-refractivity contribution in [2.24, 2.45) is 0 Å². The minimum absolute atomic E-state index is 0.0878. The zero-order valence-electron chi connectivity index (χ0n) is 74.1. The number of carbonyl (C=O) groups excluding carboxylic acids is 5. The molecule has 0 saturated heterocycles. The Morgan fingerprint density at radius 1 is 0.246 bits per heavy atom. The van der Waals surface area contributed by atoms with Crippen molar-refractivity contribution in [2.45, 2.75) is 154 Å². The molecule has 15 aromatic rings. The van der Waals surface area contributed by atoms with Crippen LogP contribution in [0.2, 0.25) is 0 Å². The van der Waals surface area contributed by atoms with Crippen molar-refractivity contribution in [3.63, 3.8) is 0 Å². The summed E-state index contributed by atoms with van der Waals surface area (Å²) < 4.78 is 55.2. The van der Waals surface area contributed by atoms with E-state index in [1.54, 1.807) is 98.2 Å². The van der Waals surface area contributed by atoms with Gasteiger partial charge in [0.25, 0.3) is 0 Å². The molecule has 0 fully saturated rings. The van der Waals surface area contributed by atoms with Crippen LogP contribution >= 0.6 is 0 Å². The predicted octanol–water partition coefficient (Wildman–Crippen LogP) is 19.1. The smallest absolute Gasteiger partial charge is 0.187 e. The fourth-order valence-electron chi connectivity index (χ4n) is 12.2. The van der Waals surface area contributed by atoms with E-state index in [4.69, 9.17) is 23.7 Å². The van der Waals surface area contributed by atoms with Crippen LogP contribution in [0.5, 0.6) is 57.5 Å². The zero-order valence-corrected chi connectivity index (χ0v) is 74.1. The van der Waals surface area contributed by atoms with Crippen molar-refractivity contribution >= 4 is 28.9 Å². The van der Waals surface area contributed by atoms with Gasteiger partial charge in [0.2, 0.25) is 0 Å². The van der Waals surface area contributed by atoms with E-state index in [1.165, 1.54) is 43.5 Å². The van der Waals surface area contributed by atoms with Gasteiger partial charge in [-0.15, -0.1) is 0 Å². The Morgan fingerprint density at radius 2 is 0.546 bits per heavy atom. The fourth-order valence-corrected chi connectivity index (χ4v) is 12.2. The van der Waals surface area contributed by atoms with Crippen LogP contribution in [0, 0.1) is 53.2 Å². The molecule has 0 unspecified atom stereocenters. The van der Waals surface area contributed by atoms with E-state index in [0.717, 1.165) is 92.2 Å². The number of nitrogens with zero attached hydrogens (tertiary/aromatic N) is 18. The first-order valence-corrected chi connectivity index (χ1v) is 42.0. The highest BCUT2D eigenvalue weighted by molar-refractivity contribution is 5.98. The number of halogens is 2. The topological polar surface area (TPSA) is 364 Å². The van der Waals surface area contributed by atoms with Gasteiger partial charge in [0.05, 0.1) is 94.1 Å². The number of hydrogen-bond donors (Lipinski definition) is 0. The number of pyridine rings is 12. The number of rotatable bonds is 31. The minimum Gasteiger partial charge on any atom is -0.455 e. The quantitative estimate of drug-likeness (QED) is 0.0364. The Bertz CT molecular complexity index is 6080. The lowest BCUT2D eigenvalue weighted by molar-refractivity contribution is 0.0978. The highest BCUT2D eigenvalue weighted by Crippen LogP contribution is 2.30. The zero-order chi connectivity index (χ0) is 92.4. The third-order valence-electron chi connectivity index (χ3n) is 19.4. The molecule has 660 valence electrons. The first kappa shape index (κ1) is 94.9. The summed E-state index contributed by atoms with van der Waals surface area (Å²) in [5.41, 5.74) is 16.3. The van der Waals surface area contributed by atoms with Crippen molar-refractivity contribution in [2.75, 3.05) is 0 Å². The van der Waals surface area contributed by atoms with Gasteiger partial charge < -0.3 is 23.7 Å². The molecule has 0 bridgehead atoms. The van der Waals surface area contributed by atoms with E-state index in [2.05, 4.69) is 89.7 Å². The summed E-state index contributed by atoms with van der Waals surface area (Å²) in [7, 11) is 0. The SMILES string of the molecule is CCc1cc(Oc2cncc(F)c2)cc(C(=O)Cc2cc(C)c(C)cn2)n1.CCc1cc(Oc2cncc(F)c2)cc(C(=O)Cc2ccc(C)c(C)n2)n1.CCc1cc(Oc2cncnc2)cc(C(=O)Cc2ccc(C)cn2)n1.CCc1cc(Oc2cncnc2)cc(C(=O)Cc2ccc(C)cn2)n1.CCc1cccc(CC(=O)c2cc(Oc3cncnc3)cc(CC)n2)n1. The van der Waals surface area contributed by atoms with Crippen LogP contribution in [0.25, 0.3) is 0 Å². The predicted molar refractivity (Wildman–Crippen MR) is 482 cm³/mol. The largest absolute Gasteiger partial charge is 0.455 e. The third-order valence-corrected chi connectivity index (χ3v) is 19.4. The van der Waals surface area contributed by atoms with Crippen LogP contribution in [0.3, 0.4) is 0 Å². The standard InChI is InChI=1S/2C21H20FN3O2.C20H20N4O2.2C19H18N4O2/c1-4-16-7-18(27-19-6-15(22)11-23-12-19)9-20(25-16)21(26)8-17-5-13(2)14(3)10-24-17;1-4-16-8-18(27-19-7-15(22)11-23-12-19)10-20(25-16)21(26)9-17-6-5-13(2)14(3)24-17;1-3-14-6-5-7-16(23-14)9-20(25)19-10-17(8-15(4-2)24-19)26-18-11-21-13-22-12-18;2*1-3-14-6-16(25-17-10-20-12-21-11-17)8-18(23-14)19(24)7-15-5-4-13(2)9-22-15/h5-7,9-12H,4,8H2,1-3H3;5-8,10-12H,4,9H2,1-3H3;5-8,10-13H,3-4,9H2,1-2H3;2*4-6,8-12H,3,7H2,1-2H3. The summed E-state index contributed by atoms with van der Waals surface area (Å²) >= 11 is 0. The Morgan fingerprint density at radius 3 is 0.862 bits per heavy atom. The molecule has 0 atom stereocenters. The maximum Gasteiger partial charge on any atom is 0.187 e. The fraction of sp³-hybridized carbons (Fsp3) is 0.230. The van der Waals surface area contributed by atoms with Crippen molar-refractivity contribution in [3.8, 4) is 57.5 Å². The Labute approximate surface area is 751 Å². The summed E-state index contributed by atoms with van der Waals surface area (Å²) in [6.07, 6.45) is 29.1. The maximum absolute atomic E-state index is 13.3. The van der Waals surface area contributed by atoms with E-state index >= 15 is 0 Å². The van der Waals surface area contributed by atoms with E-state index in [9.17, 15) is 32.8 Å². The molecule has 0 aliphatic rings. The van der Waals surface area contributed by atoms with Crippen molar-refractivity contribution in [3.05, 3.63) is 369 Å². The van der Waals surface area contributed by atoms with Gasteiger partial charge in [0.15, 0.2) is 46.2 Å². The van der Waals surface area contributed by atoms with Gasteiger partial charge in [0.1, 0.15) is 99.3 Å². The first-order valence-electron chi connectivity index (χ1n) is 42.0. The maximum atomic E-state index is 13.3. The lowest BCUT2D eigenvalue weighted by Crippen LogP contribution is -2.09. The van der Waals surface area contributed by atoms with Gasteiger partial charge in [-0.3, -0.25) is 58.9 Å². The van der Waals surface area contributed by atoms with Gasteiger partial charge in [-0.05, 0) is 144 Å². The molecule has 0 aliphatic heterocycles. The van der Waals surface area contributed by atoms with Crippen molar-refractivity contribution in [1.82, 2.24) is 89.7 Å². The number of ketones is 5. The number of aromatic nitrogens is 18. The lowest BCUT2D eigenvalue weighted by Gasteiger charge is -2.09. The summed E-state index contributed by atoms with van der Waals surface area (Å²) in [6, 6.07) is 38.5. The van der Waals surface area contributed by atoms with Crippen molar-refractivity contribution in [1.29, 1.82) is 0 Å². The summed E-state index contributed by atoms with van der Waals surface area (Å²) in [5.74, 6) is 2.97. The molecule has 15 aromatic heterocycles. The molecular formula is C100H96F2N18O10. The van der Waals surface area contributed by atoms with Gasteiger partial charge in [-0.25, -0.2) is 63.6 Å². The highest BCUT2D eigenvalue weighted by atomic mass is 19.1. The molecule has 0 spiro atoms. The molecule has 0 aromatic carbocycles. The molecule has 130 heavy (non-hydrogen) atoms. The van der Waals surface area contributed by atoms with Crippen LogP contribution in [-0.4, -0.2) is 119 Å². The molecular weight excluding hydrogens is 1650 g/mol. The monoisotopic (exact) mass is 1750 g/mol. The van der Waals surface area contributed by atoms with Crippen molar-refractivity contribution < 1.29 is 56.4 Å². The second-order valence-corrected chi connectivity index (χ2v) is 29.7. The first-order chi connectivity index (χ1) is 62.8. The summed E-state index contributed by atoms with van der Waals surface area (Å²) in [6.45, 7) is 23.6. The average Bonchev–Trinajstić information content (AvgIpc) is 0.765. The summed E-state index contributed by atoms with van der Waals surface area (Å²) in [4.78, 5) is 138. The Kier molecular flexibility index (Phi) is 34.7. The molecule has 15 heterocycles. The second-order valence-electron chi connectivity index (χ2n) is 29.7. The minimum atomic E-state index is -0.491. The highest BCUT2D eigenvalue weighted by Gasteiger charge is 2.21. The molecule has 0 aliphatic carbocycles. The van der Waals surface area contributed by atoms with E-state index < -0.39 is 11.6 Å². The van der Waals surface area contributed by atoms with E-state index in [1.807, 2.05) is 162 Å². The van der Waals surface area contributed by atoms with Gasteiger partial charge in [0, 0.05) is 160 Å². The second kappa shape index (κ2) is 47.5. The number of aryl methyl sites for hydroxylation is 12. The Hall–Kier alpha value is -15.8. The third kappa shape index (κ3) is 29.7. The number of ether oxygens (including phenoxy) is 5. The van der Waals surface area contributed by atoms with Gasteiger partial charge >= 0.3 is 0 Å². The Balaban J connectivity index is 0.000000157. The lowest BCUT2D eigenvalue weighted by atomic mass is 10.1. The molecule has 0 amide bonds. The van der Waals surface area contributed by atoms with E-state index in [-0.39, 0.29) is 72.5 Å². The molecule has 0 saturated carbocycles. The van der Waals surface area contributed by atoms with Crippen LogP contribution < -0.4 is 23.7 Å². The molecule has 15 rings (SSSR count). The molecule has 28 nitrogen and oxygen atoms in total. The molecule has 0 radical (unpaired) electrons. The van der Waals surface area contributed by atoms with Crippen LogP contribution in [0.15, 0.2) is 233 Å². The van der Waals surface area contributed by atoms with Crippen LogP contribution in [0.1, 0.15) is 190 Å². The normalized spacial score (nSPS) is 10.6. The molecule has 30 heteroatoms. The number of Topliss-reactive ketones (excluding diaryl/α,β-unsaturated/α-hetero) is 5. The number of carbonyl (C=O) groups is 5. The van der Waals surface area contributed by atoms with Crippen LogP contribution in [-0.2, 0) is 70.6 Å². The van der Waals surface area contributed by atoms with Gasteiger partial charge in [-0.1, -0.05) is 65.8 Å². The molecule has 0 N–H and O–H groups in total. The van der Waals surface area contributed by atoms with Crippen LogP contribution in [0.4, 0.5) is 8.78 Å². The van der Waals surface area contributed by atoms with Gasteiger partial charge in [-0.2, -0.15) is 0 Å².